The van der Waals surface area contributed by atoms with Gasteiger partial charge in [-0.3, -0.25) is 14.3 Å². The van der Waals surface area contributed by atoms with E-state index < -0.39 is 10.0 Å². The normalized spacial score (nSPS) is 18.0. The number of carbonyl (C=O) groups excluding carboxylic acids is 2. The zero-order chi connectivity index (χ0) is 25.2. The van der Waals surface area contributed by atoms with Gasteiger partial charge >= 0.3 is 0 Å². The standard InChI is InChI=1S/C25H35N5O4S/c1-17-8-10-22(11-9-17)26-23(31)16-30-19(3)24(18(2)28-30)35(33,34)29-14-12-20(13-15-29)25(32)27-21-6-4-5-7-21/h8-11,20-21H,4-7,12-16H2,1-3H3,(H,26,31)(H,27,32). The van der Waals surface area contributed by atoms with Gasteiger partial charge in [0, 0.05) is 30.7 Å². The van der Waals surface area contributed by atoms with Crippen molar-refractivity contribution in [2.24, 2.45) is 5.92 Å². The lowest BCUT2D eigenvalue weighted by Crippen LogP contribution is -2.45. The van der Waals surface area contributed by atoms with E-state index in [1.165, 1.54) is 8.99 Å². The summed E-state index contributed by atoms with van der Waals surface area (Å²) >= 11 is 0. The number of hydrogen-bond acceptors (Lipinski definition) is 5. The second-order valence-corrected chi connectivity index (χ2v) is 11.6. The summed E-state index contributed by atoms with van der Waals surface area (Å²) in [5, 5.41) is 10.3. The van der Waals surface area contributed by atoms with Gasteiger partial charge in [0.2, 0.25) is 21.8 Å². The summed E-state index contributed by atoms with van der Waals surface area (Å²) in [4.78, 5) is 25.3. The lowest BCUT2D eigenvalue weighted by Gasteiger charge is -2.31. The highest BCUT2D eigenvalue weighted by Gasteiger charge is 2.36. The Hall–Kier alpha value is -2.72. The number of amides is 2. The summed E-state index contributed by atoms with van der Waals surface area (Å²) in [5.41, 5.74) is 2.57. The topological polar surface area (TPSA) is 113 Å². The van der Waals surface area contributed by atoms with E-state index in [1.807, 2.05) is 31.2 Å². The van der Waals surface area contributed by atoms with Crippen molar-refractivity contribution >= 4 is 27.5 Å². The van der Waals surface area contributed by atoms with Gasteiger partial charge in [-0.05, 0) is 58.6 Å². The number of sulfonamides is 1. The van der Waals surface area contributed by atoms with Gasteiger partial charge in [0.15, 0.2) is 0 Å². The first-order chi connectivity index (χ1) is 16.6. The van der Waals surface area contributed by atoms with Crippen LogP contribution in [0.15, 0.2) is 29.2 Å². The van der Waals surface area contributed by atoms with Crippen molar-refractivity contribution in [2.45, 2.75) is 76.8 Å². The molecule has 10 heteroatoms. The summed E-state index contributed by atoms with van der Waals surface area (Å²) in [6.45, 7) is 5.80. The van der Waals surface area contributed by atoms with Gasteiger partial charge in [0.25, 0.3) is 0 Å². The average molecular weight is 502 g/mol. The van der Waals surface area contributed by atoms with Crippen LogP contribution in [0.4, 0.5) is 5.69 Å². The number of piperidine rings is 1. The van der Waals surface area contributed by atoms with Gasteiger partial charge in [-0.25, -0.2) is 8.42 Å². The fraction of sp³-hybridized carbons (Fsp3) is 0.560. The van der Waals surface area contributed by atoms with E-state index in [0.29, 0.717) is 43.0 Å². The third kappa shape index (κ3) is 5.75. The molecular formula is C25H35N5O4S. The highest BCUT2D eigenvalue weighted by Crippen LogP contribution is 2.28. The van der Waals surface area contributed by atoms with Crippen molar-refractivity contribution in [3.63, 3.8) is 0 Å². The fourth-order valence-corrected chi connectivity index (χ4v) is 6.90. The third-order valence-electron chi connectivity index (χ3n) is 7.07. The van der Waals surface area contributed by atoms with Crippen molar-refractivity contribution in [1.29, 1.82) is 0 Å². The Morgan fingerprint density at radius 2 is 1.63 bits per heavy atom. The molecule has 2 N–H and O–H groups in total. The summed E-state index contributed by atoms with van der Waals surface area (Å²) in [6.07, 6.45) is 5.38. The lowest BCUT2D eigenvalue weighted by atomic mass is 9.97. The number of aromatic nitrogens is 2. The number of nitrogens with one attached hydrogen (secondary N) is 2. The van der Waals surface area contributed by atoms with Gasteiger partial charge in [-0.15, -0.1) is 0 Å². The van der Waals surface area contributed by atoms with Gasteiger partial charge in [0.1, 0.15) is 11.4 Å². The number of benzene rings is 1. The molecular weight excluding hydrogens is 466 g/mol. The van der Waals surface area contributed by atoms with E-state index in [4.69, 9.17) is 0 Å². The molecule has 1 aromatic heterocycles. The van der Waals surface area contributed by atoms with Crippen LogP contribution in [-0.2, 0) is 26.2 Å². The first kappa shape index (κ1) is 25.4. The van der Waals surface area contributed by atoms with Crippen LogP contribution < -0.4 is 10.6 Å². The lowest BCUT2D eigenvalue weighted by molar-refractivity contribution is -0.126. The number of rotatable bonds is 7. The number of hydrogen-bond donors (Lipinski definition) is 2. The zero-order valence-corrected chi connectivity index (χ0v) is 21.5. The monoisotopic (exact) mass is 501 g/mol. The molecule has 0 unspecified atom stereocenters. The molecule has 0 radical (unpaired) electrons. The van der Waals surface area contributed by atoms with Crippen LogP contribution in [0.25, 0.3) is 0 Å². The molecule has 190 valence electrons. The molecule has 2 fully saturated rings. The molecule has 1 aliphatic heterocycles. The molecule has 1 aliphatic carbocycles. The van der Waals surface area contributed by atoms with Gasteiger partial charge < -0.3 is 10.6 Å². The van der Waals surface area contributed by atoms with Crippen molar-refractivity contribution < 1.29 is 18.0 Å². The zero-order valence-electron chi connectivity index (χ0n) is 20.7. The minimum Gasteiger partial charge on any atom is -0.353 e. The molecule has 0 atom stereocenters. The summed E-state index contributed by atoms with van der Waals surface area (Å²) in [5.74, 6) is -0.386. The SMILES string of the molecule is Cc1ccc(NC(=O)Cn2nc(C)c(S(=O)(=O)N3CCC(C(=O)NC4CCCC4)CC3)c2C)cc1. The van der Waals surface area contributed by atoms with Crippen molar-refractivity contribution in [3.05, 3.63) is 41.2 Å². The molecule has 9 nitrogen and oxygen atoms in total. The van der Waals surface area contributed by atoms with Crippen LogP contribution in [0.5, 0.6) is 0 Å². The van der Waals surface area contributed by atoms with E-state index in [-0.39, 0.29) is 35.2 Å². The van der Waals surface area contributed by atoms with Crippen molar-refractivity contribution in [1.82, 2.24) is 19.4 Å². The summed E-state index contributed by atoms with van der Waals surface area (Å²) in [7, 11) is -3.79. The predicted molar refractivity (Wildman–Crippen MR) is 133 cm³/mol. The Bertz CT molecular complexity index is 1180. The number of nitrogens with zero attached hydrogens (tertiary/aromatic N) is 3. The van der Waals surface area contributed by atoms with Crippen LogP contribution >= 0.6 is 0 Å². The Kier molecular flexibility index (Phi) is 7.61. The minimum atomic E-state index is -3.79. The molecule has 1 saturated carbocycles. The number of anilines is 1. The largest absolute Gasteiger partial charge is 0.353 e. The highest BCUT2D eigenvalue weighted by atomic mass is 32.2. The smallest absolute Gasteiger partial charge is 0.246 e. The molecule has 2 amide bonds. The maximum atomic E-state index is 13.5. The van der Waals surface area contributed by atoms with Crippen LogP contribution in [0, 0.1) is 26.7 Å². The van der Waals surface area contributed by atoms with E-state index in [0.717, 1.165) is 31.2 Å². The van der Waals surface area contributed by atoms with Crippen LogP contribution in [-0.4, -0.2) is 53.4 Å². The molecule has 35 heavy (non-hydrogen) atoms. The Labute approximate surface area is 207 Å². The maximum absolute atomic E-state index is 13.5. The molecule has 4 rings (SSSR count). The molecule has 1 saturated heterocycles. The summed E-state index contributed by atoms with van der Waals surface area (Å²) < 4.78 is 29.8. The van der Waals surface area contributed by atoms with E-state index in [1.54, 1.807) is 13.8 Å². The van der Waals surface area contributed by atoms with Crippen LogP contribution in [0.3, 0.4) is 0 Å². The molecule has 2 aliphatic rings. The highest BCUT2D eigenvalue weighted by molar-refractivity contribution is 7.89. The van der Waals surface area contributed by atoms with E-state index in [2.05, 4.69) is 15.7 Å². The summed E-state index contributed by atoms with van der Waals surface area (Å²) in [6, 6.07) is 7.73. The molecule has 2 aromatic rings. The van der Waals surface area contributed by atoms with Gasteiger partial charge in [-0.2, -0.15) is 9.40 Å². The first-order valence-corrected chi connectivity index (χ1v) is 13.8. The maximum Gasteiger partial charge on any atom is 0.246 e. The molecule has 2 heterocycles. The number of carbonyl (C=O) groups is 2. The van der Waals surface area contributed by atoms with Crippen LogP contribution in [0.1, 0.15) is 55.5 Å². The second-order valence-electron chi connectivity index (χ2n) is 9.74. The van der Waals surface area contributed by atoms with Gasteiger partial charge in [0.05, 0.1) is 11.4 Å². The average Bonchev–Trinajstić information content (AvgIpc) is 3.42. The Morgan fingerprint density at radius 1 is 1.00 bits per heavy atom. The predicted octanol–water partition coefficient (Wildman–Crippen LogP) is 2.91. The minimum absolute atomic E-state index is 0.0497. The van der Waals surface area contributed by atoms with E-state index in [9.17, 15) is 18.0 Å². The Balaban J connectivity index is 1.39. The molecule has 1 aromatic carbocycles. The fourth-order valence-electron chi connectivity index (χ4n) is 5.06. The van der Waals surface area contributed by atoms with Gasteiger partial charge in [-0.1, -0.05) is 30.5 Å². The van der Waals surface area contributed by atoms with Crippen molar-refractivity contribution in [2.75, 3.05) is 18.4 Å². The molecule has 0 spiro atoms. The van der Waals surface area contributed by atoms with E-state index >= 15 is 0 Å². The Morgan fingerprint density at radius 3 is 2.26 bits per heavy atom. The quantitative estimate of drug-likeness (QED) is 0.606. The molecule has 0 bridgehead atoms. The first-order valence-electron chi connectivity index (χ1n) is 12.4. The third-order valence-corrected chi connectivity index (χ3v) is 9.22. The second kappa shape index (κ2) is 10.5. The van der Waals surface area contributed by atoms with Crippen LogP contribution in [0.2, 0.25) is 0 Å². The van der Waals surface area contributed by atoms with Crippen molar-refractivity contribution in [3.8, 4) is 0 Å². The number of aryl methyl sites for hydroxylation is 2.